The van der Waals surface area contributed by atoms with Crippen molar-refractivity contribution in [3.63, 3.8) is 0 Å². The summed E-state index contributed by atoms with van der Waals surface area (Å²) >= 11 is 3.34. The number of carbonyl (C=O) groups is 6. The number of unbranched alkanes of at least 4 members (excludes halogenated alkanes) is 1. The minimum absolute atomic E-state index is 0.00842. The predicted octanol–water partition coefficient (Wildman–Crippen LogP) is 1.05. The first kappa shape index (κ1) is 45.1. The SMILES string of the molecule is C[C@H](NC(=O)[C@H](Cc1ccccc1)NC(=O)c1ccc(Br)cc1)C(=O)N[C@@H](Cc1ccc(O)cc1)C(=O)N[C@@H](CCCC[N+](C)(C)C)C(=O)N[C@@H](CO)C(N)=O. The summed E-state index contributed by atoms with van der Waals surface area (Å²) < 4.78 is 1.45. The number of halogens is 1. The molecule has 0 unspecified atom stereocenters. The average molecular weight is 840 g/mol. The Morgan fingerprint density at radius 3 is 1.75 bits per heavy atom. The van der Waals surface area contributed by atoms with Crippen molar-refractivity contribution in [2.24, 2.45) is 5.73 Å². The number of quaternary nitrogens is 1. The molecule has 16 heteroatoms. The predicted molar refractivity (Wildman–Crippen MR) is 214 cm³/mol. The lowest BCUT2D eigenvalue weighted by Gasteiger charge is -2.27. The Labute approximate surface area is 335 Å². The smallest absolute Gasteiger partial charge is 0.251 e. The number of hydrogen-bond donors (Lipinski definition) is 8. The topological polar surface area (TPSA) is 229 Å². The Morgan fingerprint density at radius 1 is 0.661 bits per heavy atom. The molecular weight excluding hydrogens is 786 g/mol. The highest BCUT2D eigenvalue weighted by Gasteiger charge is 2.31. The van der Waals surface area contributed by atoms with Crippen molar-refractivity contribution in [2.75, 3.05) is 34.3 Å². The van der Waals surface area contributed by atoms with E-state index in [-0.39, 0.29) is 25.0 Å². The lowest BCUT2D eigenvalue weighted by molar-refractivity contribution is -0.870. The van der Waals surface area contributed by atoms with E-state index in [4.69, 9.17) is 5.73 Å². The van der Waals surface area contributed by atoms with E-state index in [2.05, 4.69) is 42.5 Å². The number of aliphatic hydroxyl groups excluding tert-OH is 1. The fourth-order valence-corrected chi connectivity index (χ4v) is 5.87. The molecule has 6 amide bonds. The number of hydrogen-bond acceptors (Lipinski definition) is 8. The average Bonchev–Trinajstić information content (AvgIpc) is 3.15. The van der Waals surface area contributed by atoms with Crippen LogP contribution in [0, 0.1) is 0 Å². The van der Waals surface area contributed by atoms with Crippen molar-refractivity contribution in [2.45, 2.75) is 69.2 Å². The maximum Gasteiger partial charge on any atom is 0.251 e. The zero-order valence-corrected chi connectivity index (χ0v) is 33.7. The number of benzene rings is 3. The summed E-state index contributed by atoms with van der Waals surface area (Å²) in [6.45, 7) is 1.47. The van der Waals surface area contributed by atoms with E-state index < -0.39 is 72.3 Å². The van der Waals surface area contributed by atoms with Gasteiger partial charge in [0.05, 0.1) is 34.3 Å². The van der Waals surface area contributed by atoms with Crippen LogP contribution < -0.4 is 32.3 Å². The molecule has 0 fully saturated rings. The molecule has 3 rings (SSSR count). The number of nitrogens with two attached hydrogens (primary N) is 1. The van der Waals surface area contributed by atoms with Gasteiger partial charge in [-0.25, -0.2) is 0 Å². The van der Waals surface area contributed by atoms with E-state index in [9.17, 15) is 39.0 Å². The molecule has 0 bridgehead atoms. The second-order valence-corrected chi connectivity index (χ2v) is 15.5. The van der Waals surface area contributed by atoms with Crippen molar-refractivity contribution in [3.05, 3.63) is 100 Å². The van der Waals surface area contributed by atoms with Crippen molar-refractivity contribution < 1.29 is 43.5 Å². The quantitative estimate of drug-likeness (QED) is 0.0570. The Kier molecular flexibility index (Phi) is 17.5. The fraction of sp³-hybridized carbons (Fsp3) is 0.400. The fourth-order valence-electron chi connectivity index (χ4n) is 5.61. The van der Waals surface area contributed by atoms with E-state index in [1.165, 1.54) is 19.1 Å². The van der Waals surface area contributed by atoms with Crippen LogP contribution in [0.15, 0.2) is 83.3 Å². The molecule has 0 radical (unpaired) electrons. The monoisotopic (exact) mass is 838 g/mol. The number of primary amides is 1. The summed E-state index contributed by atoms with van der Waals surface area (Å²) in [4.78, 5) is 79.6. The Bertz CT molecular complexity index is 1790. The van der Waals surface area contributed by atoms with Crippen LogP contribution in [0.4, 0.5) is 0 Å². The molecule has 15 nitrogen and oxygen atoms in total. The molecule has 0 saturated carbocycles. The van der Waals surface area contributed by atoms with Crippen LogP contribution in [0.2, 0.25) is 0 Å². The summed E-state index contributed by atoms with van der Waals surface area (Å²) in [7, 11) is 6.07. The molecule has 0 saturated heterocycles. The Morgan fingerprint density at radius 2 is 1.18 bits per heavy atom. The van der Waals surface area contributed by atoms with Crippen LogP contribution in [0.1, 0.15) is 47.7 Å². The summed E-state index contributed by atoms with van der Waals surface area (Å²) in [6, 6.07) is 15.6. The van der Waals surface area contributed by atoms with Gasteiger partial charge >= 0.3 is 0 Å². The van der Waals surface area contributed by atoms with Gasteiger partial charge in [0.2, 0.25) is 29.5 Å². The van der Waals surface area contributed by atoms with Crippen LogP contribution in [-0.4, -0.2) is 115 Å². The molecule has 3 aromatic carbocycles. The molecule has 9 N–H and O–H groups in total. The highest BCUT2D eigenvalue weighted by molar-refractivity contribution is 9.10. The highest BCUT2D eigenvalue weighted by Crippen LogP contribution is 2.14. The molecule has 302 valence electrons. The van der Waals surface area contributed by atoms with E-state index in [0.29, 0.717) is 28.5 Å². The first-order valence-electron chi connectivity index (χ1n) is 18.3. The minimum Gasteiger partial charge on any atom is -0.508 e. The largest absolute Gasteiger partial charge is 0.508 e. The molecular formula is C40H53BrN7O8+. The first-order chi connectivity index (χ1) is 26.4. The number of rotatable bonds is 21. The number of amides is 6. The summed E-state index contributed by atoms with van der Waals surface area (Å²) in [5, 5.41) is 32.6. The van der Waals surface area contributed by atoms with Crippen LogP contribution in [0.25, 0.3) is 0 Å². The highest BCUT2D eigenvalue weighted by atomic mass is 79.9. The molecule has 0 spiro atoms. The van der Waals surface area contributed by atoms with Crippen LogP contribution >= 0.6 is 15.9 Å². The number of aromatic hydroxyl groups is 1. The molecule has 0 heterocycles. The number of carbonyl (C=O) groups excluding carboxylic acids is 6. The number of phenols is 1. The Balaban J connectivity index is 1.82. The van der Waals surface area contributed by atoms with Gasteiger partial charge in [0.1, 0.15) is 36.0 Å². The number of phenolic OH excluding ortho intramolecular Hbond substituents is 1. The molecule has 5 atom stereocenters. The van der Waals surface area contributed by atoms with Gasteiger partial charge in [0, 0.05) is 22.9 Å². The van der Waals surface area contributed by atoms with E-state index in [1.807, 2.05) is 39.3 Å². The summed E-state index contributed by atoms with van der Waals surface area (Å²) in [6.07, 6.45) is 1.47. The van der Waals surface area contributed by atoms with Crippen LogP contribution in [0.5, 0.6) is 5.75 Å². The molecule has 0 aromatic heterocycles. The van der Waals surface area contributed by atoms with Gasteiger partial charge in [0.25, 0.3) is 5.91 Å². The van der Waals surface area contributed by atoms with Gasteiger partial charge in [0.15, 0.2) is 0 Å². The third kappa shape index (κ3) is 15.4. The number of aliphatic hydroxyl groups is 1. The van der Waals surface area contributed by atoms with Gasteiger partial charge in [-0.1, -0.05) is 58.4 Å². The molecule has 0 aliphatic carbocycles. The maximum atomic E-state index is 13.9. The van der Waals surface area contributed by atoms with Crippen molar-refractivity contribution in [1.82, 2.24) is 26.6 Å². The lowest BCUT2D eigenvalue weighted by atomic mass is 10.0. The van der Waals surface area contributed by atoms with E-state index >= 15 is 0 Å². The van der Waals surface area contributed by atoms with Gasteiger partial charge < -0.3 is 47.0 Å². The van der Waals surface area contributed by atoms with E-state index in [0.717, 1.165) is 16.6 Å². The van der Waals surface area contributed by atoms with Crippen LogP contribution in [0.3, 0.4) is 0 Å². The molecule has 56 heavy (non-hydrogen) atoms. The van der Waals surface area contributed by atoms with Crippen LogP contribution in [-0.2, 0) is 36.8 Å². The second kappa shape index (κ2) is 21.7. The Hall–Kier alpha value is -5.32. The van der Waals surface area contributed by atoms with Crippen molar-refractivity contribution in [3.8, 4) is 5.75 Å². The van der Waals surface area contributed by atoms with E-state index in [1.54, 1.807) is 48.5 Å². The zero-order chi connectivity index (χ0) is 41.4. The third-order valence-electron chi connectivity index (χ3n) is 8.82. The van der Waals surface area contributed by atoms with Crippen molar-refractivity contribution >= 4 is 51.4 Å². The standard InChI is InChI=1S/C40H52BrN7O8/c1-25(43-39(55)32(22-26-10-6-5-7-11-26)46-37(53)28-15-17-29(41)18-16-28)36(52)45-33(23-27-13-19-30(50)20-14-27)40(56)44-31(12-8-9-21-48(2,3)4)38(54)47-34(24-49)35(42)51/h5-7,10-11,13-20,25,31-34,49H,8-9,12,21-24H2,1-4H3,(H7-,42,43,44,45,46,47,50,51,52,53,54,55,56)/p+1/t25-,31-,32-,33-,34-/m0/s1. The third-order valence-corrected chi connectivity index (χ3v) is 9.35. The molecule has 0 aliphatic heterocycles. The minimum atomic E-state index is -1.38. The normalized spacial score (nSPS) is 13.9. The second-order valence-electron chi connectivity index (χ2n) is 14.6. The molecule has 0 aliphatic rings. The zero-order valence-electron chi connectivity index (χ0n) is 32.1. The first-order valence-corrected chi connectivity index (χ1v) is 19.1. The van der Waals surface area contributed by atoms with Gasteiger partial charge in [-0.05, 0) is 73.7 Å². The van der Waals surface area contributed by atoms with Gasteiger partial charge in [-0.2, -0.15) is 0 Å². The summed E-state index contributed by atoms with van der Waals surface area (Å²) in [5.41, 5.74) is 6.98. The number of nitrogens with zero attached hydrogens (tertiary/aromatic N) is 1. The molecule has 3 aromatic rings. The van der Waals surface area contributed by atoms with Gasteiger partial charge in [-0.15, -0.1) is 0 Å². The van der Waals surface area contributed by atoms with Crippen molar-refractivity contribution in [1.29, 1.82) is 0 Å². The number of nitrogens with one attached hydrogen (secondary N) is 5. The summed E-state index contributed by atoms with van der Waals surface area (Å²) in [5.74, 6) is -4.30. The lowest BCUT2D eigenvalue weighted by Crippen LogP contribution is -2.59. The maximum absolute atomic E-state index is 13.9. The van der Waals surface area contributed by atoms with Gasteiger partial charge in [-0.3, -0.25) is 28.8 Å².